The summed E-state index contributed by atoms with van der Waals surface area (Å²) in [6.45, 7) is 5.58. The molecule has 0 bridgehead atoms. The maximum Gasteiger partial charge on any atom is 0.230 e. The van der Waals surface area contributed by atoms with E-state index in [0.717, 1.165) is 12.0 Å². The topological polar surface area (TPSA) is 81.9 Å². The van der Waals surface area contributed by atoms with Crippen molar-refractivity contribution in [3.05, 3.63) is 37.2 Å². The molecular weight excluding hydrogens is 326 g/mol. The molecule has 7 nitrogen and oxygen atoms in total. The Morgan fingerprint density at radius 3 is 3.08 bits per heavy atom. The average molecular weight is 347 g/mol. The molecule has 0 aliphatic heterocycles. The number of allylic oxidation sites excluding steroid dienone is 1. The van der Waals surface area contributed by atoms with E-state index in [2.05, 4.69) is 27.1 Å². The van der Waals surface area contributed by atoms with Crippen molar-refractivity contribution in [1.29, 1.82) is 0 Å². The number of thioether (sulfide) groups is 1. The Bertz CT molecular complexity index is 660. The van der Waals surface area contributed by atoms with E-state index < -0.39 is 0 Å². The quantitative estimate of drug-likeness (QED) is 0.401. The van der Waals surface area contributed by atoms with Crippen molar-refractivity contribution in [2.45, 2.75) is 18.1 Å². The minimum absolute atomic E-state index is 0.0350. The number of carbonyl (C=O) groups excluding carboxylic acids is 1. The SMILES string of the molecule is C=CCn1c(SCC(=O)NCCCOC)nnc1-c1cccnc1. The lowest BCUT2D eigenvalue weighted by atomic mass is 10.3. The van der Waals surface area contributed by atoms with Gasteiger partial charge in [-0.3, -0.25) is 14.3 Å². The van der Waals surface area contributed by atoms with Gasteiger partial charge in [0.2, 0.25) is 5.91 Å². The molecule has 0 unspecified atom stereocenters. The van der Waals surface area contributed by atoms with Crippen LogP contribution in [-0.4, -0.2) is 51.7 Å². The first-order chi connectivity index (χ1) is 11.8. The normalized spacial score (nSPS) is 10.5. The van der Waals surface area contributed by atoms with Gasteiger partial charge in [-0.25, -0.2) is 0 Å². The first-order valence-electron chi connectivity index (χ1n) is 7.59. The minimum Gasteiger partial charge on any atom is -0.385 e. The van der Waals surface area contributed by atoms with Crippen molar-refractivity contribution < 1.29 is 9.53 Å². The third-order valence-corrected chi connectivity index (χ3v) is 4.09. The van der Waals surface area contributed by atoms with Gasteiger partial charge in [0, 0.05) is 44.8 Å². The highest BCUT2D eigenvalue weighted by molar-refractivity contribution is 7.99. The average Bonchev–Trinajstić information content (AvgIpc) is 3.01. The van der Waals surface area contributed by atoms with Crippen LogP contribution in [0.1, 0.15) is 6.42 Å². The zero-order valence-electron chi connectivity index (χ0n) is 13.6. The molecule has 8 heteroatoms. The number of amides is 1. The van der Waals surface area contributed by atoms with Gasteiger partial charge in [-0.15, -0.1) is 16.8 Å². The summed E-state index contributed by atoms with van der Waals surface area (Å²) >= 11 is 1.35. The highest BCUT2D eigenvalue weighted by Crippen LogP contribution is 2.23. The lowest BCUT2D eigenvalue weighted by molar-refractivity contribution is -0.118. The van der Waals surface area contributed by atoms with Gasteiger partial charge in [0.1, 0.15) is 0 Å². The lowest BCUT2D eigenvalue weighted by Gasteiger charge is -2.08. The highest BCUT2D eigenvalue weighted by atomic mass is 32.2. The summed E-state index contributed by atoms with van der Waals surface area (Å²) in [5.74, 6) is 0.966. The van der Waals surface area contributed by atoms with Crippen LogP contribution in [-0.2, 0) is 16.1 Å². The predicted octanol–water partition coefficient (Wildman–Crippen LogP) is 1.77. The van der Waals surface area contributed by atoms with Gasteiger partial charge < -0.3 is 10.1 Å². The van der Waals surface area contributed by atoms with Crippen molar-refractivity contribution in [3.63, 3.8) is 0 Å². The molecule has 0 aliphatic carbocycles. The molecule has 24 heavy (non-hydrogen) atoms. The molecule has 2 aromatic rings. The van der Waals surface area contributed by atoms with E-state index in [9.17, 15) is 4.79 Å². The molecule has 0 aromatic carbocycles. The number of nitrogens with zero attached hydrogens (tertiary/aromatic N) is 4. The predicted molar refractivity (Wildman–Crippen MR) is 93.7 cm³/mol. The molecule has 0 aliphatic rings. The molecule has 2 aromatic heterocycles. The Morgan fingerprint density at radius 1 is 1.50 bits per heavy atom. The standard InChI is InChI=1S/C16H21N5O2S/c1-3-9-21-15(13-6-4-7-17-11-13)19-20-16(21)24-12-14(22)18-8-5-10-23-2/h3-4,6-7,11H,1,5,8-10,12H2,2H3,(H,18,22). The van der Waals surface area contributed by atoms with E-state index in [1.165, 1.54) is 11.8 Å². The number of hydrogen-bond acceptors (Lipinski definition) is 6. The second-order valence-corrected chi connectivity index (χ2v) is 5.87. The number of rotatable bonds is 10. The first-order valence-corrected chi connectivity index (χ1v) is 8.57. The Hall–Kier alpha value is -2.19. The Labute approximate surface area is 145 Å². The third kappa shape index (κ3) is 5.17. The summed E-state index contributed by atoms with van der Waals surface area (Å²) < 4.78 is 6.87. The molecule has 0 radical (unpaired) electrons. The number of pyridine rings is 1. The smallest absolute Gasteiger partial charge is 0.230 e. The largest absolute Gasteiger partial charge is 0.385 e. The minimum atomic E-state index is -0.0350. The summed E-state index contributed by atoms with van der Waals surface area (Å²) in [6.07, 6.45) is 6.02. The van der Waals surface area contributed by atoms with Gasteiger partial charge in [-0.05, 0) is 18.6 Å². The maximum atomic E-state index is 11.9. The first kappa shape index (κ1) is 18.2. The van der Waals surface area contributed by atoms with E-state index in [0.29, 0.717) is 30.7 Å². The van der Waals surface area contributed by atoms with Crippen LogP contribution in [0, 0.1) is 0 Å². The van der Waals surface area contributed by atoms with Crippen LogP contribution in [0.2, 0.25) is 0 Å². The summed E-state index contributed by atoms with van der Waals surface area (Å²) in [7, 11) is 1.64. The van der Waals surface area contributed by atoms with Gasteiger partial charge in [0.25, 0.3) is 0 Å². The summed E-state index contributed by atoms with van der Waals surface area (Å²) in [6, 6.07) is 3.77. The van der Waals surface area contributed by atoms with Crippen LogP contribution >= 0.6 is 11.8 Å². The van der Waals surface area contributed by atoms with Gasteiger partial charge in [-0.2, -0.15) is 0 Å². The fourth-order valence-corrected chi connectivity index (χ4v) is 2.80. The second kappa shape index (κ2) is 9.84. The fourth-order valence-electron chi connectivity index (χ4n) is 2.02. The lowest BCUT2D eigenvalue weighted by Crippen LogP contribution is -2.27. The highest BCUT2D eigenvalue weighted by Gasteiger charge is 2.14. The maximum absolute atomic E-state index is 11.9. The van der Waals surface area contributed by atoms with Crippen molar-refractivity contribution in [2.24, 2.45) is 0 Å². The van der Waals surface area contributed by atoms with Crippen LogP contribution in [0.4, 0.5) is 0 Å². The summed E-state index contributed by atoms with van der Waals surface area (Å²) in [4.78, 5) is 16.0. The molecule has 2 rings (SSSR count). The molecule has 1 N–H and O–H groups in total. The van der Waals surface area contributed by atoms with Crippen LogP contribution in [0.25, 0.3) is 11.4 Å². The van der Waals surface area contributed by atoms with Crippen LogP contribution < -0.4 is 5.32 Å². The third-order valence-electron chi connectivity index (χ3n) is 3.13. The summed E-state index contributed by atoms with van der Waals surface area (Å²) in [5, 5.41) is 12.0. The van der Waals surface area contributed by atoms with Gasteiger partial charge >= 0.3 is 0 Å². The van der Waals surface area contributed by atoms with E-state index in [4.69, 9.17) is 4.74 Å². The molecule has 0 spiro atoms. The second-order valence-electron chi connectivity index (χ2n) is 4.93. The monoisotopic (exact) mass is 347 g/mol. The van der Waals surface area contributed by atoms with Crippen LogP contribution in [0.3, 0.4) is 0 Å². The molecule has 1 amide bonds. The zero-order valence-corrected chi connectivity index (χ0v) is 14.5. The number of aromatic nitrogens is 4. The molecular formula is C16H21N5O2S. The molecule has 0 saturated heterocycles. The van der Waals surface area contributed by atoms with Crippen molar-refractivity contribution in [2.75, 3.05) is 26.0 Å². The van der Waals surface area contributed by atoms with E-state index in [1.807, 2.05) is 16.7 Å². The zero-order chi connectivity index (χ0) is 17.2. The Kier molecular flexibility index (Phi) is 7.44. The Balaban J connectivity index is 1.99. The van der Waals surface area contributed by atoms with E-state index in [-0.39, 0.29) is 11.7 Å². The Morgan fingerprint density at radius 2 is 2.38 bits per heavy atom. The summed E-state index contributed by atoms with van der Waals surface area (Å²) in [5.41, 5.74) is 0.878. The van der Waals surface area contributed by atoms with Crippen LogP contribution in [0.15, 0.2) is 42.3 Å². The fraction of sp³-hybridized carbons (Fsp3) is 0.375. The molecule has 0 atom stereocenters. The van der Waals surface area contributed by atoms with Crippen molar-refractivity contribution in [1.82, 2.24) is 25.1 Å². The van der Waals surface area contributed by atoms with E-state index >= 15 is 0 Å². The molecule has 128 valence electrons. The van der Waals surface area contributed by atoms with E-state index in [1.54, 1.807) is 25.6 Å². The number of ether oxygens (including phenoxy) is 1. The van der Waals surface area contributed by atoms with Crippen LogP contribution in [0.5, 0.6) is 0 Å². The van der Waals surface area contributed by atoms with Gasteiger partial charge in [0.15, 0.2) is 11.0 Å². The number of carbonyl (C=O) groups is 1. The number of methoxy groups -OCH3 is 1. The van der Waals surface area contributed by atoms with Gasteiger partial charge in [0.05, 0.1) is 5.75 Å². The van der Waals surface area contributed by atoms with Crippen molar-refractivity contribution >= 4 is 17.7 Å². The molecule has 2 heterocycles. The molecule has 0 saturated carbocycles. The molecule has 0 fully saturated rings. The van der Waals surface area contributed by atoms with Gasteiger partial charge in [-0.1, -0.05) is 17.8 Å². The number of nitrogens with one attached hydrogen (secondary N) is 1. The number of hydrogen-bond donors (Lipinski definition) is 1. The van der Waals surface area contributed by atoms with Crippen molar-refractivity contribution in [3.8, 4) is 11.4 Å².